The largest absolute Gasteiger partial charge is 0.298 e. The molecule has 2 aromatic carbocycles. The van der Waals surface area contributed by atoms with Crippen LogP contribution in [0.1, 0.15) is 15.2 Å². The first-order chi connectivity index (χ1) is 11.0. The van der Waals surface area contributed by atoms with Crippen LogP contribution in [-0.4, -0.2) is 10.9 Å². The van der Waals surface area contributed by atoms with E-state index in [1.807, 2.05) is 31.2 Å². The standard InChI is InChI=1S/C17H12Cl2N2OS/c1-10-15(13-8-7-12(18)9-14(13)19)20-17(23-10)21-16(22)11-5-3-2-4-6-11/h2-9H,1H3,(H,20,21,22). The van der Waals surface area contributed by atoms with E-state index in [4.69, 9.17) is 23.2 Å². The number of nitrogens with one attached hydrogen (secondary N) is 1. The second kappa shape index (κ2) is 6.71. The van der Waals surface area contributed by atoms with Crippen molar-refractivity contribution in [2.45, 2.75) is 6.92 Å². The lowest BCUT2D eigenvalue weighted by molar-refractivity contribution is 0.102. The Bertz CT molecular complexity index is 862. The van der Waals surface area contributed by atoms with Gasteiger partial charge in [-0.2, -0.15) is 0 Å². The van der Waals surface area contributed by atoms with Gasteiger partial charge < -0.3 is 0 Å². The van der Waals surface area contributed by atoms with Crippen LogP contribution in [0.2, 0.25) is 10.0 Å². The van der Waals surface area contributed by atoms with E-state index in [0.717, 1.165) is 16.1 Å². The number of thiazole rings is 1. The first-order valence-electron chi connectivity index (χ1n) is 6.84. The molecule has 0 unspecified atom stereocenters. The normalized spacial score (nSPS) is 10.6. The summed E-state index contributed by atoms with van der Waals surface area (Å²) < 4.78 is 0. The zero-order valence-electron chi connectivity index (χ0n) is 12.1. The molecule has 6 heteroatoms. The third-order valence-electron chi connectivity index (χ3n) is 3.24. The van der Waals surface area contributed by atoms with Gasteiger partial charge in [-0.25, -0.2) is 4.98 Å². The summed E-state index contributed by atoms with van der Waals surface area (Å²) >= 11 is 13.6. The van der Waals surface area contributed by atoms with Gasteiger partial charge >= 0.3 is 0 Å². The summed E-state index contributed by atoms with van der Waals surface area (Å²) in [6, 6.07) is 14.3. The lowest BCUT2D eigenvalue weighted by Crippen LogP contribution is -2.11. The Hall–Kier alpha value is -1.88. The van der Waals surface area contributed by atoms with Crippen LogP contribution in [0.15, 0.2) is 48.5 Å². The predicted molar refractivity (Wildman–Crippen MR) is 96.7 cm³/mol. The van der Waals surface area contributed by atoms with Crippen molar-refractivity contribution < 1.29 is 4.79 Å². The third kappa shape index (κ3) is 3.55. The Kier molecular flexibility index (Phi) is 4.66. The Morgan fingerprint density at radius 2 is 1.87 bits per heavy atom. The molecule has 1 heterocycles. The number of hydrogen-bond acceptors (Lipinski definition) is 3. The molecule has 0 bridgehead atoms. The highest BCUT2D eigenvalue weighted by molar-refractivity contribution is 7.16. The minimum absolute atomic E-state index is 0.187. The summed E-state index contributed by atoms with van der Waals surface area (Å²) in [6.45, 7) is 1.94. The molecular formula is C17H12Cl2N2OS. The van der Waals surface area contributed by atoms with Crippen molar-refractivity contribution in [1.82, 2.24) is 4.98 Å². The van der Waals surface area contributed by atoms with Crippen molar-refractivity contribution in [2.24, 2.45) is 0 Å². The fraction of sp³-hybridized carbons (Fsp3) is 0.0588. The molecule has 0 atom stereocenters. The fourth-order valence-electron chi connectivity index (χ4n) is 2.14. The van der Waals surface area contributed by atoms with Gasteiger partial charge in [-0.05, 0) is 37.3 Å². The molecule has 0 saturated carbocycles. The van der Waals surface area contributed by atoms with Crippen LogP contribution >= 0.6 is 34.5 Å². The van der Waals surface area contributed by atoms with Crippen molar-refractivity contribution in [2.75, 3.05) is 5.32 Å². The third-order valence-corrected chi connectivity index (χ3v) is 4.67. The predicted octanol–water partition coefficient (Wildman–Crippen LogP) is 5.68. The van der Waals surface area contributed by atoms with Crippen LogP contribution in [0.4, 0.5) is 5.13 Å². The highest BCUT2D eigenvalue weighted by atomic mass is 35.5. The zero-order valence-corrected chi connectivity index (χ0v) is 14.5. The summed E-state index contributed by atoms with van der Waals surface area (Å²) in [4.78, 5) is 17.7. The van der Waals surface area contributed by atoms with E-state index in [1.165, 1.54) is 11.3 Å². The number of anilines is 1. The maximum absolute atomic E-state index is 12.2. The maximum atomic E-state index is 12.2. The van der Waals surface area contributed by atoms with E-state index >= 15 is 0 Å². The number of carbonyl (C=O) groups excluding carboxylic acids is 1. The number of aromatic nitrogens is 1. The van der Waals surface area contributed by atoms with Crippen LogP contribution in [0.3, 0.4) is 0 Å². The second-order valence-corrected chi connectivity index (χ2v) is 6.91. The average Bonchev–Trinajstić information content (AvgIpc) is 2.88. The minimum atomic E-state index is -0.187. The van der Waals surface area contributed by atoms with Crippen LogP contribution in [0.25, 0.3) is 11.3 Å². The van der Waals surface area contributed by atoms with Gasteiger partial charge in [0, 0.05) is 21.0 Å². The monoisotopic (exact) mass is 362 g/mol. The molecule has 3 aromatic rings. The van der Waals surface area contributed by atoms with Crippen molar-refractivity contribution in [3.05, 3.63) is 69.0 Å². The maximum Gasteiger partial charge on any atom is 0.257 e. The van der Waals surface area contributed by atoms with Gasteiger partial charge in [0.25, 0.3) is 5.91 Å². The van der Waals surface area contributed by atoms with Gasteiger partial charge in [0.2, 0.25) is 0 Å². The highest BCUT2D eigenvalue weighted by Crippen LogP contribution is 2.35. The van der Waals surface area contributed by atoms with Crippen molar-refractivity contribution >= 4 is 45.6 Å². The summed E-state index contributed by atoms with van der Waals surface area (Å²) in [5, 5.41) is 4.47. The van der Waals surface area contributed by atoms with Crippen LogP contribution in [-0.2, 0) is 0 Å². The number of hydrogen-bond donors (Lipinski definition) is 1. The summed E-state index contributed by atoms with van der Waals surface area (Å²) in [6.07, 6.45) is 0. The lowest BCUT2D eigenvalue weighted by Gasteiger charge is -2.03. The molecule has 0 spiro atoms. The number of carbonyl (C=O) groups is 1. The molecule has 0 saturated heterocycles. The lowest BCUT2D eigenvalue weighted by atomic mass is 10.1. The smallest absolute Gasteiger partial charge is 0.257 e. The highest BCUT2D eigenvalue weighted by Gasteiger charge is 2.15. The van der Waals surface area contributed by atoms with Gasteiger partial charge in [0.05, 0.1) is 10.7 Å². The van der Waals surface area contributed by atoms with Gasteiger partial charge in [-0.3, -0.25) is 10.1 Å². The van der Waals surface area contributed by atoms with Crippen LogP contribution in [0, 0.1) is 6.92 Å². The Balaban J connectivity index is 1.88. The number of amides is 1. The number of rotatable bonds is 3. The number of benzene rings is 2. The first kappa shape index (κ1) is 16.0. The van der Waals surface area contributed by atoms with E-state index in [2.05, 4.69) is 10.3 Å². The second-order valence-electron chi connectivity index (χ2n) is 4.87. The van der Waals surface area contributed by atoms with E-state index in [9.17, 15) is 4.79 Å². The number of nitrogens with zero attached hydrogens (tertiary/aromatic N) is 1. The molecule has 0 radical (unpaired) electrons. The molecule has 23 heavy (non-hydrogen) atoms. The van der Waals surface area contributed by atoms with E-state index in [-0.39, 0.29) is 5.91 Å². The molecule has 1 N–H and O–H groups in total. The molecule has 3 nitrogen and oxygen atoms in total. The molecule has 0 aliphatic heterocycles. The minimum Gasteiger partial charge on any atom is -0.298 e. The van der Waals surface area contributed by atoms with Gasteiger partial charge in [0.15, 0.2) is 5.13 Å². The molecular weight excluding hydrogens is 351 g/mol. The van der Waals surface area contributed by atoms with E-state index in [1.54, 1.807) is 24.3 Å². The molecule has 0 aliphatic carbocycles. The Morgan fingerprint density at radius 1 is 1.13 bits per heavy atom. The summed E-state index contributed by atoms with van der Waals surface area (Å²) in [5.41, 5.74) is 2.14. The van der Waals surface area contributed by atoms with Crippen molar-refractivity contribution in [1.29, 1.82) is 0 Å². The fourth-order valence-corrected chi connectivity index (χ4v) is 3.46. The number of aryl methyl sites for hydroxylation is 1. The van der Waals surface area contributed by atoms with Gasteiger partial charge in [-0.15, -0.1) is 11.3 Å². The summed E-state index contributed by atoms with van der Waals surface area (Å²) in [7, 11) is 0. The van der Waals surface area contributed by atoms with Crippen LogP contribution < -0.4 is 5.32 Å². The molecule has 3 rings (SSSR count). The Morgan fingerprint density at radius 3 is 2.57 bits per heavy atom. The van der Waals surface area contributed by atoms with E-state index in [0.29, 0.717) is 20.7 Å². The number of halogens is 2. The van der Waals surface area contributed by atoms with Crippen molar-refractivity contribution in [3.8, 4) is 11.3 Å². The molecule has 1 aromatic heterocycles. The van der Waals surface area contributed by atoms with Crippen LogP contribution in [0.5, 0.6) is 0 Å². The molecule has 0 aliphatic rings. The Labute approximate surface area is 147 Å². The first-order valence-corrected chi connectivity index (χ1v) is 8.41. The topological polar surface area (TPSA) is 42.0 Å². The quantitative estimate of drug-likeness (QED) is 0.651. The van der Waals surface area contributed by atoms with Gasteiger partial charge in [0.1, 0.15) is 0 Å². The molecule has 116 valence electrons. The van der Waals surface area contributed by atoms with Crippen molar-refractivity contribution in [3.63, 3.8) is 0 Å². The van der Waals surface area contributed by atoms with E-state index < -0.39 is 0 Å². The molecule has 0 fully saturated rings. The SMILES string of the molecule is Cc1sc(NC(=O)c2ccccc2)nc1-c1ccc(Cl)cc1Cl. The van der Waals surface area contributed by atoms with Gasteiger partial charge in [-0.1, -0.05) is 41.4 Å². The average molecular weight is 363 g/mol. The zero-order chi connectivity index (χ0) is 16.4. The summed E-state index contributed by atoms with van der Waals surface area (Å²) in [5.74, 6) is -0.187. The molecule has 1 amide bonds.